The van der Waals surface area contributed by atoms with E-state index in [4.69, 9.17) is 87.8 Å². The molecule has 0 fully saturated rings. The molecule has 0 unspecified atom stereocenters. The predicted octanol–water partition coefficient (Wildman–Crippen LogP) is 3.13. The lowest BCUT2D eigenvalue weighted by atomic mass is 10.2. The SMILES string of the molecule is CC(C)(C)OC(=O)N/N=C/COCCN=[N+]=[N-].CC(C)(C)OC(=O)NN.CC(C)(C)OC(=O)NNCCOCCN=[N+]=[N-].OCCOCCO.[N-]=[N+]=NCCOCC=O.[N-]=[N+]=NCCOCCNN.[N-]=[N+]=NCCOCCO. The third-order valence-corrected chi connectivity index (χ3v) is 5.59. The first-order valence-electron chi connectivity index (χ1n) is 23.1. The predicted molar refractivity (Wildman–Crippen MR) is 283 cm³/mol. The Labute approximate surface area is 453 Å². The minimum atomic E-state index is -0.622. The van der Waals surface area contributed by atoms with E-state index < -0.39 is 35.1 Å². The Morgan fingerprint density at radius 1 is 0.487 bits per heavy atom. The van der Waals surface area contributed by atoms with E-state index in [0.29, 0.717) is 105 Å². The maximum atomic E-state index is 11.1. The molecule has 0 rings (SSSR count). The van der Waals surface area contributed by atoms with Crippen LogP contribution in [-0.2, 0) is 47.4 Å². The molecule has 0 aromatic heterocycles. The van der Waals surface area contributed by atoms with Crippen LogP contribution in [-0.4, -0.2) is 208 Å². The van der Waals surface area contributed by atoms with Gasteiger partial charge in [0, 0.05) is 70.4 Å². The molecular formula is C39H85N23O16. The lowest BCUT2D eigenvalue weighted by Gasteiger charge is -2.19. The highest BCUT2D eigenvalue weighted by Gasteiger charge is 2.16. The molecule has 12 N–H and O–H groups in total. The molecule has 0 aliphatic heterocycles. The molecule has 0 saturated heterocycles. The highest BCUT2D eigenvalue weighted by molar-refractivity contribution is 5.69. The number of rotatable bonds is 33. The summed E-state index contributed by atoms with van der Waals surface area (Å²) in [5.74, 6) is 9.71. The van der Waals surface area contributed by atoms with Gasteiger partial charge in [0.25, 0.3) is 0 Å². The van der Waals surface area contributed by atoms with Crippen LogP contribution in [0.15, 0.2) is 30.7 Å². The molecule has 0 atom stereocenters. The summed E-state index contributed by atoms with van der Waals surface area (Å²) in [6.07, 6.45) is 0.257. The summed E-state index contributed by atoms with van der Waals surface area (Å²) in [7, 11) is 0. The number of hydrazone groups is 1. The van der Waals surface area contributed by atoms with Crippen LogP contribution >= 0.6 is 0 Å². The molecule has 452 valence electrons. The van der Waals surface area contributed by atoms with Crippen LogP contribution in [0.5, 0.6) is 0 Å². The van der Waals surface area contributed by atoms with Crippen LogP contribution < -0.4 is 38.8 Å². The van der Waals surface area contributed by atoms with Gasteiger partial charge in [-0.25, -0.2) is 31.1 Å². The van der Waals surface area contributed by atoms with Crippen LogP contribution in [0.25, 0.3) is 52.2 Å². The van der Waals surface area contributed by atoms with Gasteiger partial charge in [-0.15, -0.1) is 0 Å². The fourth-order valence-corrected chi connectivity index (χ4v) is 3.06. The number of aldehydes is 1. The summed E-state index contributed by atoms with van der Waals surface area (Å²) >= 11 is 0. The van der Waals surface area contributed by atoms with E-state index in [-0.39, 0.29) is 46.1 Å². The Morgan fingerprint density at radius 3 is 1.15 bits per heavy atom. The van der Waals surface area contributed by atoms with E-state index >= 15 is 0 Å². The van der Waals surface area contributed by atoms with Crippen molar-refractivity contribution in [3.63, 3.8) is 0 Å². The minimum Gasteiger partial charge on any atom is -0.443 e. The molecule has 0 saturated carbocycles. The zero-order valence-corrected chi connectivity index (χ0v) is 46.2. The molecular weight excluding hydrogens is 1050 g/mol. The van der Waals surface area contributed by atoms with Crippen LogP contribution in [0.4, 0.5) is 14.4 Å². The molecule has 0 spiro atoms. The second-order valence-corrected chi connectivity index (χ2v) is 15.8. The first-order chi connectivity index (χ1) is 37.0. The van der Waals surface area contributed by atoms with E-state index in [1.807, 2.05) is 5.43 Å². The Bertz CT molecular complexity index is 1670. The van der Waals surface area contributed by atoms with Crippen molar-refractivity contribution < 1.29 is 77.1 Å². The lowest BCUT2D eigenvalue weighted by Crippen LogP contribution is -2.42. The van der Waals surface area contributed by atoms with Crippen molar-refractivity contribution >= 4 is 30.8 Å². The maximum Gasteiger partial charge on any atom is 0.428 e. The number of aliphatic hydroxyl groups is 3. The Hall–Kier alpha value is -6.82. The second kappa shape index (κ2) is 70.2. The number of hydrazine groups is 3. The molecule has 3 amide bonds. The highest BCUT2D eigenvalue weighted by atomic mass is 16.6. The van der Waals surface area contributed by atoms with Gasteiger partial charge in [-0.2, -0.15) is 5.10 Å². The van der Waals surface area contributed by atoms with Crippen molar-refractivity contribution in [3.05, 3.63) is 52.2 Å². The largest absolute Gasteiger partial charge is 0.443 e. The standard InChI is InChI=1S/C9H19N5O3.C9H17N5O3.C5H12N2O2.C4H11N5O.C4H9N3O2.C4H7N3O2.C4H10O3/c2*1-9(2,3)17-8(15)13-11-4-6-16-7-5-12-14-10;1-5(2,3)9-4(8)7-6;5-7-1-3-10-4-2-8-9-6;2*5-7-6-1-3-9-4-2-8;5-1-3-7-4-2-6/h11H,4-7H2,1-3H3,(H,13,15);4H,5-7H2,1-3H3,(H,13,15);6H2,1-3H3,(H,7,8);7H,1-5H2;8H,1-4H2;2H,1,3-4H2;5-6H,1-4H2/b;11-4+;;;;;. The molecule has 39 nitrogen and oxygen atoms in total. The van der Waals surface area contributed by atoms with Crippen LogP contribution in [0, 0.1) is 0 Å². The Morgan fingerprint density at radius 2 is 0.821 bits per heavy atom. The molecule has 0 aliphatic carbocycles. The average molecular weight is 1130 g/mol. The van der Waals surface area contributed by atoms with E-state index in [0.717, 1.165) is 0 Å². The molecule has 0 aromatic carbocycles. The maximum absolute atomic E-state index is 11.1. The van der Waals surface area contributed by atoms with Gasteiger partial charge >= 0.3 is 18.3 Å². The summed E-state index contributed by atoms with van der Waals surface area (Å²) < 4.78 is 43.8. The molecule has 0 aromatic rings. The number of carbonyl (C=O) groups is 4. The van der Waals surface area contributed by atoms with Gasteiger partial charge < -0.3 is 62.7 Å². The smallest absolute Gasteiger partial charge is 0.428 e. The number of carbonyl (C=O) groups excluding carboxylic acids is 4. The molecule has 78 heavy (non-hydrogen) atoms. The Kier molecular flexibility index (Phi) is 76.6. The van der Waals surface area contributed by atoms with E-state index in [2.05, 4.69) is 86.4 Å². The first kappa shape index (κ1) is 85.1. The quantitative estimate of drug-likeness (QED) is 0.00431. The first-order valence-corrected chi connectivity index (χ1v) is 23.1. The monoisotopic (exact) mass is 1130 g/mol. The number of ether oxygens (including phenoxy) is 9. The molecule has 0 bridgehead atoms. The summed E-state index contributed by atoms with van der Waals surface area (Å²) in [4.78, 5) is 54.9. The summed E-state index contributed by atoms with van der Waals surface area (Å²) in [6.45, 7) is 22.6. The molecule has 39 heteroatoms. The van der Waals surface area contributed by atoms with Crippen molar-refractivity contribution in [1.82, 2.24) is 27.1 Å². The van der Waals surface area contributed by atoms with Gasteiger partial charge in [-0.1, -0.05) is 25.6 Å². The van der Waals surface area contributed by atoms with Crippen LogP contribution in [0.1, 0.15) is 62.3 Å². The number of amides is 3. The van der Waals surface area contributed by atoms with Crippen molar-refractivity contribution in [2.24, 2.45) is 42.4 Å². The second-order valence-electron chi connectivity index (χ2n) is 15.8. The van der Waals surface area contributed by atoms with Crippen LogP contribution in [0.3, 0.4) is 0 Å². The number of hydrogen-bond donors (Lipinski definition) is 10. The summed E-state index contributed by atoms with van der Waals surface area (Å²) in [6, 6.07) is 0. The molecule has 0 heterocycles. The normalized spacial score (nSPS) is 9.82. The lowest BCUT2D eigenvalue weighted by molar-refractivity contribution is -0.111. The van der Waals surface area contributed by atoms with Gasteiger partial charge in [-0.3, -0.25) is 22.1 Å². The number of aliphatic hydroxyl groups excluding tert-OH is 3. The topological polar surface area (TPSA) is 580 Å². The zero-order chi connectivity index (χ0) is 60.9. The van der Waals surface area contributed by atoms with Gasteiger partial charge in [0.2, 0.25) is 0 Å². The van der Waals surface area contributed by atoms with Crippen molar-refractivity contribution in [1.29, 1.82) is 0 Å². The Balaban J connectivity index is -0.000000155. The number of nitrogens with zero attached hydrogens (tertiary/aromatic N) is 16. The van der Waals surface area contributed by atoms with E-state index in [1.54, 1.807) is 62.3 Å². The van der Waals surface area contributed by atoms with Crippen LogP contribution in [0.2, 0.25) is 0 Å². The minimum absolute atomic E-state index is 0.0102. The van der Waals surface area contributed by atoms with Gasteiger partial charge in [0.05, 0.1) is 98.7 Å². The fourth-order valence-electron chi connectivity index (χ4n) is 3.06. The van der Waals surface area contributed by atoms with Crippen molar-refractivity contribution in [2.45, 2.75) is 79.1 Å². The third kappa shape index (κ3) is 114. The van der Waals surface area contributed by atoms with Crippen molar-refractivity contribution in [3.8, 4) is 0 Å². The summed E-state index contributed by atoms with van der Waals surface area (Å²) in [5.41, 5.74) is 49.3. The number of nitrogens with two attached hydrogens (primary N) is 2. The summed E-state index contributed by atoms with van der Waals surface area (Å²) in [5, 5.41) is 44.2. The number of hydrogen-bond acceptors (Lipinski definition) is 26. The van der Waals surface area contributed by atoms with Crippen molar-refractivity contribution in [2.75, 3.05) is 145 Å². The number of nitrogens with one attached hydrogen (secondary N) is 5. The van der Waals surface area contributed by atoms with E-state index in [1.165, 1.54) is 6.21 Å². The number of azide groups is 5. The average Bonchev–Trinajstić information content (AvgIpc) is 3.36. The van der Waals surface area contributed by atoms with Gasteiger partial charge in [0.15, 0.2) is 0 Å². The molecule has 0 aliphatic rings. The van der Waals surface area contributed by atoms with Gasteiger partial charge in [0.1, 0.15) is 29.7 Å². The highest BCUT2D eigenvalue weighted by Crippen LogP contribution is 2.07. The molecule has 0 radical (unpaired) electrons. The van der Waals surface area contributed by atoms with Gasteiger partial charge in [-0.05, 0) is 90.0 Å². The van der Waals surface area contributed by atoms with E-state index in [9.17, 15) is 19.2 Å². The zero-order valence-electron chi connectivity index (χ0n) is 46.2. The fraction of sp³-hybridized carbons (Fsp3) is 0.872. The third-order valence-electron chi connectivity index (χ3n) is 5.59.